The van der Waals surface area contributed by atoms with Crippen molar-refractivity contribution in [1.29, 1.82) is 0 Å². The van der Waals surface area contributed by atoms with E-state index in [0.717, 1.165) is 16.7 Å². The van der Waals surface area contributed by atoms with Crippen LogP contribution in [0.5, 0.6) is 0 Å². The summed E-state index contributed by atoms with van der Waals surface area (Å²) in [7, 11) is 0. The Hall–Kier alpha value is -2.61. The first-order chi connectivity index (χ1) is 10.9. The molecule has 0 aliphatic carbocycles. The normalized spacial score (nSPS) is 11.7. The van der Waals surface area contributed by atoms with Crippen molar-refractivity contribution in [2.75, 3.05) is 0 Å². The number of rotatable bonds is 4. The van der Waals surface area contributed by atoms with Crippen LogP contribution in [0.25, 0.3) is 5.57 Å². The van der Waals surface area contributed by atoms with Gasteiger partial charge in [0.05, 0.1) is 11.3 Å². The number of hydrogen-bond acceptors (Lipinski definition) is 2. The number of hydrogen-bond donors (Lipinski definition) is 1. The second-order valence-corrected chi connectivity index (χ2v) is 5.85. The lowest BCUT2D eigenvalue weighted by molar-refractivity contribution is -0.113. The summed E-state index contributed by atoms with van der Waals surface area (Å²) in [5, 5.41) is 9.83. The minimum atomic E-state index is -0.151. The van der Waals surface area contributed by atoms with Gasteiger partial charge < -0.3 is 5.11 Å². The first kappa shape index (κ1) is 16.8. The van der Waals surface area contributed by atoms with Gasteiger partial charge in [-0.15, -0.1) is 0 Å². The third kappa shape index (κ3) is 4.19. The number of carbonyl (C=O) groups is 1. The highest BCUT2D eigenvalue weighted by molar-refractivity contribution is 6.00. The third-order valence-electron chi connectivity index (χ3n) is 3.78. The van der Waals surface area contributed by atoms with Crippen molar-refractivity contribution in [2.24, 2.45) is 0 Å². The first-order valence-electron chi connectivity index (χ1n) is 7.65. The Morgan fingerprint density at radius 2 is 1.22 bits per heavy atom. The fourth-order valence-electron chi connectivity index (χ4n) is 2.40. The predicted octanol–water partition coefficient (Wildman–Crippen LogP) is 5.16. The van der Waals surface area contributed by atoms with E-state index >= 15 is 0 Å². The number of allylic oxidation sites excluding steroid dienone is 3. The predicted molar refractivity (Wildman–Crippen MR) is 95.4 cm³/mol. The molecule has 0 radical (unpaired) electrons. The molecule has 0 saturated carbocycles. The van der Waals surface area contributed by atoms with Gasteiger partial charge in [-0.3, -0.25) is 4.79 Å². The lowest BCUT2D eigenvalue weighted by Crippen LogP contribution is -1.99. The zero-order valence-corrected chi connectivity index (χ0v) is 14.1. The van der Waals surface area contributed by atoms with Crippen molar-refractivity contribution in [2.45, 2.75) is 27.7 Å². The maximum atomic E-state index is 11.8. The molecular weight excluding hydrogens is 284 g/mol. The summed E-state index contributed by atoms with van der Waals surface area (Å²) in [5.74, 6) is -0.115. The van der Waals surface area contributed by atoms with Crippen LogP contribution in [0.2, 0.25) is 0 Å². The van der Waals surface area contributed by atoms with Gasteiger partial charge in [-0.25, -0.2) is 0 Å². The molecule has 0 unspecified atom stereocenters. The highest BCUT2D eigenvalue weighted by Crippen LogP contribution is 2.26. The van der Waals surface area contributed by atoms with Crippen LogP contribution < -0.4 is 0 Å². The van der Waals surface area contributed by atoms with Crippen LogP contribution in [0, 0.1) is 13.8 Å². The van der Waals surface area contributed by atoms with E-state index in [1.807, 2.05) is 62.4 Å². The van der Waals surface area contributed by atoms with Crippen LogP contribution in [-0.2, 0) is 4.79 Å². The van der Waals surface area contributed by atoms with Crippen LogP contribution in [0.3, 0.4) is 0 Å². The summed E-state index contributed by atoms with van der Waals surface area (Å²) in [5.41, 5.74) is 5.64. The maximum Gasteiger partial charge on any atom is 0.163 e. The molecule has 0 heterocycles. The smallest absolute Gasteiger partial charge is 0.163 e. The van der Waals surface area contributed by atoms with Gasteiger partial charge in [0.15, 0.2) is 5.78 Å². The Morgan fingerprint density at radius 3 is 1.52 bits per heavy atom. The molecule has 0 aliphatic heterocycles. The van der Waals surface area contributed by atoms with Gasteiger partial charge in [0.25, 0.3) is 0 Å². The van der Waals surface area contributed by atoms with Gasteiger partial charge in [-0.2, -0.15) is 0 Å². The van der Waals surface area contributed by atoms with Gasteiger partial charge in [-0.05, 0) is 50.5 Å². The van der Waals surface area contributed by atoms with Gasteiger partial charge in [0.1, 0.15) is 0 Å². The van der Waals surface area contributed by atoms with Crippen LogP contribution in [-0.4, -0.2) is 10.9 Å². The molecule has 1 N–H and O–H groups in total. The van der Waals surface area contributed by atoms with Gasteiger partial charge in [0.2, 0.25) is 0 Å². The van der Waals surface area contributed by atoms with E-state index in [4.69, 9.17) is 0 Å². The molecule has 2 rings (SSSR count). The molecule has 23 heavy (non-hydrogen) atoms. The summed E-state index contributed by atoms with van der Waals surface area (Å²) in [6.07, 6.45) is 1.77. The van der Waals surface area contributed by atoms with E-state index in [9.17, 15) is 9.90 Å². The maximum absolute atomic E-state index is 11.8. The number of benzene rings is 2. The molecule has 0 spiro atoms. The molecule has 2 aromatic rings. The molecule has 118 valence electrons. The second-order valence-electron chi connectivity index (χ2n) is 5.85. The van der Waals surface area contributed by atoms with Crippen molar-refractivity contribution in [3.8, 4) is 0 Å². The van der Waals surface area contributed by atoms with E-state index < -0.39 is 0 Å². The molecule has 0 aromatic heterocycles. The molecule has 2 aromatic carbocycles. The summed E-state index contributed by atoms with van der Waals surface area (Å²) in [6.45, 7) is 7.08. The van der Waals surface area contributed by atoms with E-state index in [0.29, 0.717) is 5.57 Å². The molecule has 0 saturated heterocycles. The zero-order valence-electron chi connectivity index (χ0n) is 14.1. The van der Waals surface area contributed by atoms with Crippen LogP contribution in [0.15, 0.2) is 65.9 Å². The first-order valence-corrected chi connectivity index (χ1v) is 7.65. The fourth-order valence-corrected chi connectivity index (χ4v) is 2.40. The quantitative estimate of drug-likeness (QED) is 0.481. The fraction of sp³-hybridized carbons (Fsp3) is 0.190. The highest BCUT2D eigenvalue weighted by Gasteiger charge is 2.11. The highest BCUT2D eigenvalue weighted by atomic mass is 16.3. The Kier molecular flexibility index (Phi) is 5.17. The summed E-state index contributed by atoms with van der Waals surface area (Å²) >= 11 is 0. The van der Waals surface area contributed by atoms with Crippen molar-refractivity contribution < 1.29 is 9.90 Å². The second kappa shape index (κ2) is 7.10. The molecule has 0 bridgehead atoms. The Balaban J connectivity index is 2.64. The number of carbonyl (C=O) groups excluding carboxylic acids is 1. The minimum Gasteiger partial charge on any atom is -0.512 e. The van der Waals surface area contributed by atoms with E-state index in [-0.39, 0.29) is 11.5 Å². The van der Waals surface area contributed by atoms with Crippen molar-refractivity contribution in [3.05, 3.63) is 88.2 Å². The van der Waals surface area contributed by atoms with E-state index in [1.165, 1.54) is 25.0 Å². The number of aliphatic hydroxyl groups is 1. The molecule has 0 atom stereocenters. The molecule has 0 amide bonds. The van der Waals surface area contributed by atoms with Gasteiger partial charge in [0, 0.05) is 0 Å². The average molecular weight is 306 g/mol. The van der Waals surface area contributed by atoms with Crippen molar-refractivity contribution in [3.63, 3.8) is 0 Å². The Labute approximate surface area is 137 Å². The zero-order chi connectivity index (χ0) is 17.0. The Bertz CT molecular complexity index is 709. The third-order valence-corrected chi connectivity index (χ3v) is 3.78. The van der Waals surface area contributed by atoms with Crippen LogP contribution in [0.1, 0.15) is 36.1 Å². The van der Waals surface area contributed by atoms with Crippen LogP contribution in [0.4, 0.5) is 0 Å². The Morgan fingerprint density at radius 1 is 0.826 bits per heavy atom. The standard InChI is InChI=1S/C21H22O2/c1-14-5-9-18(10-6-14)21(13-20(16(3)22)17(4)23)19-11-7-15(2)8-12-19/h5-13,22H,1-4H3/b20-16-. The number of aryl methyl sites for hydroxylation is 2. The monoisotopic (exact) mass is 306 g/mol. The molecule has 0 aliphatic rings. The van der Waals surface area contributed by atoms with Crippen LogP contribution >= 0.6 is 0 Å². The number of Topliss-reactive ketones (excluding diaryl/α,β-unsaturated/α-hetero) is 1. The van der Waals surface area contributed by atoms with Crippen molar-refractivity contribution in [1.82, 2.24) is 0 Å². The largest absolute Gasteiger partial charge is 0.512 e. The number of ketones is 1. The molecule has 2 heteroatoms. The number of aliphatic hydroxyl groups excluding tert-OH is 1. The summed E-state index contributed by atoms with van der Waals surface area (Å²) in [4.78, 5) is 11.8. The molecular formula is C21H22O2. The summed E-state index contributed by atoms with van der Waals surface area (Å²) < 4.78 is 0. The lowest BCUT2D eigenvalue weighted by Gasteiger charge is -2.11. The van der Waals surface area contributed by atoms with Crippen molar-refractivity contribution >= 4 is 11.4 Å². The SMILES string of the molecule is CC(=O)/C(C=C(c1ccc(C)cc1)c1ccc(C)cc1)=C(/C)O. The van der Waals surface area contributed by atoms with Gasteiger partial charge in [-0.1, -0.05) is 59.7 Å². The van der Waals surface area contributed by atoms with E-state index in [1.54, 1.807) is 6.08 Å². The lowest BCUT2D eigenvalue weighted by atomic mass is 9.93. The molecule has 2 nitrogen and oxygen atoms in total. The van der Waals surface area contributed by atoms with E-state index in [2.05, 4.69) is 0 Å². The average Bonchev–Trinajstić information content (AvgIpc) is 2.50. The molecule has 0 fully saturated rings. The summed E-state index contributed by atoms with van der Waals surface area (Å²) in [6, 6.07) is 16.3. The van der Waals surface area contributed by atoms with Gasteiger partial charge >= 0.3 is 0 Å². The topological polar surface area (TPSA) is 37.3 Å². The minimum absolute atomic E-state index is 0.0363.